The van der Waals surface area contributed by atoms with Crippen LogP contribution in [0.25, 0.3) is 0 Å². The maximum absolute atomic E-state index is 12.7. The van der Waals surface area contributed by atoms with Crippen molar-refractivity contribution in [3.63, 3.8) is 0 Å². The fourth-order valence-corrected chi connectivity index (χ4v) is 2.85. The van der Waals surface area contributed by atoms with E-state index >= 15 is 0 Å². The highest BCUT2D eigenvalue weighted by Crippen LogP contribution is 2.34. The molecule has 2 heterocycles. The van der Waals surface area contributed by atoms with Gasteiger partial charge in [0.2, 0.25) is 0 Å². The molecule has 5 nitrogen and oxygen atoms in total. The Balaban J connectivity index is 1.83. The zero-order valence-corrected chi connectivity index (χ0v) is 11.5. The molecule has 0 aliphatic carbocycles. The van der Waals surface area contributed by atoms with E-state index in [9.17, 15) is 4.79 Å². The van der Waals surface area contributed by atoms with Gasteiger partial charge in [-0.05, 0) is 37.4 Å². The van der Waals surface area contributed by atoms with Crippen molar-refractivity contribution in [1.29, 1.82) is 0 Å². The van der Waals surface area contributed by atoms with Crippen LogP contribution in [0.15, 0.2) is 18.2 Å². The van der Waals surface area contributed by atoms with Crippen LogP contribution in [0.3, 0.4) is 0 Å². The molecule has 1 saturated heterocycles. The third kappa shape index (κ3) is 2.45. The zero-order chi connectivity index (χ0) is 13.9. The van der Waals surface area contributed by atoms with Crippen molar-refractivity contribution in [2.24, 2.45) is 11.7 Å². The number of nitrogens with two attached hydrogens (primary N) is 1. The molecule has 1 aromatic carbocycles. The van der Waals surface area contributed by atoms with Gasteiger partial charge in [0.15, 0.2) is 11.5 Å². The largest absolute Gasteiger partial charge is 0.486 e. The fourth-order valence-electron chi connectivity index (χ4n) is 2.85. The number of likely N-dealkylation sites (tertiary alicyclic amines) is 1. The molecule has 5 heteroatoms. The lowest BCUT2D eigenvalue weighted by Gasteiger charge is -2.33. The molecule has 1 aromatic rings. The molecule has 0 unspecified atom stereocenters. The molecular formula is C15H20N2O3. The second kappa shape index (κ2) is 5.71. The maximum atomic E-state index is 12.7. The Kier molecular flexibility index (Phi) is 3.78. The summed E-state index contributed by atoms with van der Waals surface area (Å²) in [6, 6.07) is 5.48. The van der Waals surface area contributed by atoms with Crippen molar-refractivity contribution in [2.75, 3.05) is 32.8 Å². The summed E-state index contributed by atoms with van der Waals surface area (Å²) < 4.78 is 11.2. The molecule has 2 aliphatic heterocycles. The van der Waals surface area contributed by atoms with Crippen LogP contribution >= 0.6 is 0 Å². The first-order valence-corrected chi connectivity index (χ1v) is 7.17. The first kappa shape index (κ1) is 13.2. The third-order valence-electron chi connectivity index (χ3n) is 3.94. The number of carbonyl (C=O) groups is 1. The van der Waals surface area contributed by atoms with Gasteiger partial charge in [-0.2, -0.15) is 0 Å². The van der Waals surface area contributed by atoms with Gasteiger partial charge in [0.25, 0.3) is 5.91 Å². The second-order valence-corrected chi connectivity index (χ2v) is 5.32. The minimum atomic E-state index is 0.0190. The summed E-state index contributed by atoms with van der Waals surface area (Å²) in [5, 5.41) is 0. The highest BCUT2D eigenvalue weighted by Gasteiger charge is 2.27. The summed E-state index contributed by atoms with van der Waals surface area (Å²) in [7, 11) is 0. The summed E-state index contributed by atoms with van der Waals surface area (Å²) in [5.74, 6) is 1.67. The third-order valence-corrected chi connectivity index (χ3v) is 3.94. The molecular weight excluding hydrogens is 256 g/mol. The molecule has 2 N–H and O–H groups in total. The average Bonchev–Trinajstić information content (AvgIpc) is 2.53. The van der Waals surface area contributed by atoms with Crippen molar-refractivity contribution >= 4 is 5.91 Å². The first-order chi connectivity index (χ1) is 9.79. The van der Waals surface area contributed by atoms with E-state index in [2.05, 4.69) is 0 Å². The number of carbonyl (C=O) groups excluding carboxylic acids is 1. The number of hydrogen-bond acceptors (Lipinski definition) is 4. The highest BCUT2D eigenvalue weighted by molar-refractivity contribution is 5.98. The fraction of sp³-hybridized carbons (Fsp3) is 0.533. The summed E-state index contributed by atoms with van der Waals surface area (Å²) >= 11 is 0. The molecule has 3 rings (SSSR count). The Morgan fingerprint density at radius 2 is 2.20 bits per heavy atom. The Morgan fingerprint density at radius 3 is 3.05 bits per heavy atom. The molecule has 0 aromatic heterocycles. The van der Waals surface area contributed by atoms with Crippen molar-refractivity contribution in [2.45, 2.75) is 12.8 Å². The van der Waals surface area contributed by atoms with E-state index in [1.807, 2.05) is 23.1 Å². The van der Waals surface area contributed by atoms with Crippen LogP contribution in [0.2, 0.25) is 0 Å². The van der Waals surface area contributed by atoms with E-state index < -0.39 is 0 Å². The zero-order valence-electron chi connectivity index (χ0n) is 11.5. The minimum absolute atomic E-state index is 0.0190. The van der Waals surface area contributed by atoms with E-state index in [1.54, 1.807) is 0 Å². The van der Waals surface area contributed by atoms with E-state index in [1.165, 1.54) is 0 Å². The average molecular weight is 276 g/mol. The molecule has 108 valence electrons. The normalized spacial score (nSPS) is 21.6. The number of rotatable bonds is 2. The standard InChI is InChI=1S/C15H20N2O3/c16-9-11-3-2-6-17(10-11)15(18)12-4-1-5-13-14(12)20-8-7-19-13/h1,4-5,11H,2-3,6-10,16H2/t11-/m1/s1. The van der Waals surface area contributed by atoms with Crippen LogP contribution in [-0.4, -0.2) is 43.7 Å². The predicted octanol–water partition coefficient (Wildman–Crippen LogP) is 1.27. The highest BCUT2D eigenvalue weighted by atomic mass is 16.6. The minimum Gasteiger partial charge on any atom is -0.486 e. The topological polar surface area (TPSA) is 64.8 Å². The lowest BCUT2D eigenvalue weighted by Crippen LogP contribution is -2.42. The molecule has 0 bridgehead atoms. The number of ether oxygens (including phenoxy) is 2. The summed E-state index contributed by atoms with van der Waals surface area (Å²) in [6.07, 6.45) is 2.12. The Labute approximate surface area is 118 Å². The summed E-state index contributed by atoms with van der Waals surface area (Å²) in [6.45, 7) is 3.18. The number of para-hydroxylation sites is 1. The number of nitrogens with zero attached hydrogens (tertiary/aromatic N) is 1. The number of piperidine rings is 1. The van der Waals surface area contributed by atoms with Crippen LogP contribution in [0.1, 0.15) is 23.2 Å². The van der Waals surface area contributed by atoms with Crippen LogP contribution in [0.5, 0.6) is 11.5 Å². The van der Waals surface area contributed by atoms with Crippen LogP contribution in [0.4, 0.5) is 0 Å². The van der Waals surface area contributed by atoms with E-state index in [-0.39, 0.29) is 5.91 Å². The van der Waals surface area contributed by atoms with E-state index in [0.29, 0.717) is 42.7 Å². The quantitative estimate of drug-likeness (QED) is 0.883. The summed E-state index contributed by atoms with van der Waals surface area (Å²) in [5.41, 5.74) is 6.33. The van der Waals surface area contributed by atoms with Crippen molar-refractivity contribution in [1.82, 2.24) is 4.90 Å². The van der Waals surface area contributed by atoms with Crippen LogP contribution in [-0.2, 0) is 0 Å². The SMILES string of the molecule is NC[C@H]1CCCN(C(=O)c2cccc3c2OCCO3)C1. The molecule has 0 saturated carbocycles. The van der Waals surface area contributed by atoms with Gasteiger partial charge < -0.3 is 20.1 Å². The molecule has 0 spiro atoms. The number of amides is 1. The predicted molar refractivity (Wildman–Crippen MR) is 75.1 cm³/mol. The van der Waals surface area contributed by atoms with Crippen molar-refractivity contribution in [3.8, 4) is 11.5 Å². The van der Waals surface area contributed by atoms with Gasteiger partial charge >= 0.3 is 0 Å². The molecule has 0 radical (unpaired) electrons. The lowest BCUT2D eigenvalue weighted by molar-refractivity contribution is 0.0668. The number of fused-ring (bicyclic) bond motifs is 1. The lowest BCUT2D eigenvalue weighted by atomic mass is 9.97. The van der Waals surface area contributed by atoms with Gasteiger partial charge in [-0.25, -0.2) is 0 Å². The number of hydrogen-bond donors (Lipinski definition) is 1. The monoisotopic (exact) mass is 276 g/mol. The van der Waals surface area contributed by atoms with Crippen LogP contribution < -0.4 is 15.2 Å². The van der Waals surface area contributed by atoms with Gasteiger partial charge in [-0.3, -0.25) is 4.79 Å². The first-order valence-electron chi connectivity index (χ1n) is 7.17. The van der Waals surface area contributed by atoms with Crippen molar-refractivity contribution < 1.29 is 14.3 Å². The van der Waals surface area contributed by atoms with Gasteiger partial charge in [0.1, 0.15) is 13.2 Å². The van der Waals surface area contributed by atoms with Gasteiger partial charge in [0, 0.05) is 13.1 Å². The molecule has 2 aliphatic rings. The Bertz CT molecular complexity index is 504. The van der Waals surface area contributed by atoms with E-state index in [4.69, 9.17) is 15.2 Å². The van der Waals surface area contributed by atoms with Gasteiger partial charge in [-0.1, -0.05) is 6.07 Å². The Hall–Kier alpha value is -1.75. The smallest absolute Gasteiger partial charge is 0.257 e. The van der Waals surface area contributed by atoms with Crippen LogP contribution in [0, 0.1) is 5.92 Å². The maximum Gasteiger partial charge on any atom is 0.257 e. The number of benzene rings is 1. The van der Waals surface area contributed by atoms with E-state index in [0.717, 1.165) is 25.9 Å². The summed E-state index contributed by atoms with van der Waals surface area (Å²) in [4.78, 5) is 14.6. The second-order valence-electron chi connectivity index (χ2n) is 5.32. The van der Waals surface area contributed by atoms with Gasteiger partial charge in [0.05, 0.1) is 5.56 Å². The molecule has 1 amide bonds. The molecule has 1 atom stereocenters. The van der Waals surface area contributed by atoms with Gasteiger partial charge in [-0.15, -0.1) is 0 Å². The molecule has 1 fully saturated rings. The Morgan fingerprint density at radius 1 is 1.35 bits per heavy atom. The molecule has 20 heavy (non-hydrogen) atoms. The van der Waals surface area contributed by atoms with Crippen molar-refractivity contribution in [3.05, 3.63) is 23.8 Å².